The van der Waals surface area contributed by atoms with Crippen molar-refractivity contribution in [1.29, 1.82) is 0 Å². The summed E-state index contributed by atoms with van der Waals surface area (Å²) in [4.78, 5) is 0. The minimum atomic E-state index is -0.208. The highest BCUT2D eigenvalue weighted by Gasteiger charge is 2.01. The summed E-state index contributed by atoms with van der Waals surface area (Å²) >= 11 is 0. The summed E-state index contributed by atoms with van der Waals surface area (Å²) in [6, 6.07) is 4.32. The van der Waals surface area contributed by atoms with E-state index in [9.17, 15) is 0 Å². The third kappa shape index (κ3) is 2.90. The first kappa shape index (κ1) is 9.79. The molecule has 0 saturated heterocycles. The molecule has 0 bridgehead atoms. The summed E-state index contributed by atoms with van der Waals surface area (Å²) in [6.45, 7) is 0.0458. The Morgan fingerprint density at radius 3 is 2.31 bits per heavy atom. The van der Waals surface area contributed by atoms with Crippen LogP contribution in [0.1, 0.15) is 5.56 Å². The van der Waals surface area contributed by atoms with Gasteiger partial charge in [0.05, 0.1) is 6.54 Å². The second-order valence-corrected chi connectivity index (χ2v) is 2.67. The average molecular weight is 185 g/mol. The van der Waals surface area contributed by atoms with Gasteiger partial charge < -0.3 is 10.2 Å². The SMILES string of the molecule is Oc1ccc(CCN(O)O)cc1O. The van der Waals surface area contributed by atoms with E-state index < -0.39 is 0 Å². The van der Waals surface area contributed by atoms with Crippen molar-refractivity contribution in [1.82, 2.24) is 5.23 Å². The van der Waals surface area contributed by atoms with Crippen molar-refractivity contribution in [3.63, 3.8) is 0 Å². The minimum Gasteiger partial charge on any atom is -0.504 e. The van der Waals surface area contributed by atoms with Gasteiger partial charge in [-0.1, -0.05) is 11.3 Å². The molecule has 0 fully saturated rings. The molecule has 1 aromatic rings. The van der Waals surface area contributed by atoms with Crippen molar-refractivity contribution in [3.05, 3.63) is 23.8 Å². The van der Waals surface area contributed by atoms with E-state index in [2.05, 4.69) is 0 Å². The van der Waals surface area contributed by atoms with Crippen molar-refractivity contribution in [2.45, 2.75) is 6.42 Å². The number of nitrogens with zero attached hydrogens (tertiary/aromatic N) is 1. The Morgan fingerprint density at radius 1 is 1.08 bits per heavy atom. The topological polar surface area (TPSA) is 84.2 Å². The molecule has 72 valence electrons. The summed E-state index contributed by atoms with van der Waals surface area (Å²) in [5.74, 6) is -0.395. The molecule has 1 rings (SSSR count). The zero-order chi connectivity index (χ0) is 9.84. The highest BCUT2D eigenvalue weighted by atomic mass is 16.8. The van der Waals surface area contributed by atoms with Gasteiger partial charge >= 0.3 is 0 Å². The van der Waals surface area contributed by atoms with E-state index in [-0.39, 0.29) is 23.3 Å². The van der Waals surface area contributed by atoms with Crippen LogP contribution in [-0.2, 0) is 6.42 Å². The van der Waals surface area contributed by atoms with E-state index in [4.69, 9.17) is 20.6 Å². The van der Waals surface area contributed by atoms with Gasteiger partial charge in [0.25, 0.3) is 0 Å². The second kappa shape index (κ2) is 4.08. The lowest BCUT2D eigenvalue weighted by atomic mass is 10.1. The molecule has 0 aliphatic carbocycles. The standard InChI is InChI=1S/C8H11NO4/c10-7-2-1-6(5-8(7)11)3-4-9(12)13/h1-2,5,10-13H,3-4H2. The van der Waals surface area contributed by atoms with E-state index in [0.29, 0.717) is 12.0 Å². The number of phenolic OH excluding ortho intramolecular Hbond substituents is 2. The molecule has 0 radical (unpaired) electrons. The Labute approximate surface area is 75.0 Å². The monoisotopic (exact) mass is 185 g/mol. The normalized spacial score (nSPS) is 10.7. The highest BCUT2D eigenvalue weighted by molar-refractivity contribution is 5.40. The summed E-state index contributed by atoms with van der Waals surface area (Å²) in [5.41, 5.74) is 0.711. The molecule has 0 aliphatic rings. The molecule has 0 spiro atoms. The van der Waals surface area contributed by atoms with Gasteiger partial charge in [-0.3, -0.25) is 10.4 Å². The average Bonchev–Trinajstić information content (AvgIpc) is 2.07. The van der Waals surface area contributed by atoms with E-state index in [1.807, 2.05) is 0 Å². The van der Waals surface area contributed by atoms with E-state index in [0.717, 1.165) is 0 Å². The van der Waals surface area contributed by atoms with Crippen LogP contribution in [0, 0.1) is 0 Å². The van der Waals surface area contributed by atoms with Gasteiger partial charge in [-0.05, 0) is 24.1 Å². The van der Waals surface area contributed by atoms with Gasteiger partial charge in [-0.25, -0.2) is 0 Å². The summed E-state index contributed by atoms with van der Waals surface area (Å²) in [6.07, 6.45) is 0.376. The van der Waals surface area contributed by atoms with Crippen LogP contribution in [0.25, 0.3) is 0 Å². The number of rotatable bonds is 3. The fourth-order valence-corrected chi connectivity index (χ4v) is 0.954. The smallest absolute Gasteiger partial charge is 0.157 e. The minimum absolute atomic E-state index is 0.0458. The van der Waals surface area contributed by atoms with Crippen molar-refractivity contribution in [3.8, 4) is 11.5 Å². The molecule has 0 heterocycles. The van der Waals surface area contributed by atoms with Gasteiger partial charge in [-0.2, -0.15) is 0 Å². The van der Waals surface area contributed by atoms with E-state index in [1.165, 1.54) is 12.1 Å². The van der Waals surface area contributed by atoms with Gasteiger partial charge in [0.15, 0.2) is 11.5 Å². The zero-order valence-corrected chi connectivity index (χ0v) is 6.88. The Hall–Kier alpha value is -1.30. The Bertz CT molecular complexity index is 287. The zero-order valence-electron chi connectivity index (χ0n) is 6.88. The number of phenols is 2. The first-order valence-corrected chi connectivity index (χ1v) is 3.76. The maximum atomic E-state index is 9.08. The maximum absolute atomic E-state index is 9.08. The highest BCUT2D eigenvalue weighted by Crippen LogP contribution is 2.24. The third-order valence-electron chi connectivity index (χ3n) is 1.64. The number of benzene rings is 1. The predicted molar refractivity (Wildman–Crippen MR) is 43.8 cm³/mol. The van der Waals surface area contributed by atoms with Crippen LogP contribution < -0.4 is 0 Å². The molecule has 0 amide bonds. The van der Waals surface area contributed by atoms with Crippen molar-refractivity contribution in [2.24, 2.45) is 0 Å². The van der Waals surface area contributed by atoms with Gasteiger partial charge in [0, 0.05) is 0 Å². The van der Waals surface area contributed by atoms with Crippen molar-refractivity contribution < 1.29 is 20.6 Å². The molecule has 13 heavy (non-hydrogen) atoms. The van der Waals surface area contributed by atoms with Crippen LogP contribution in [0.2, 0.25) is 0 Å². The summed E-state index contributed by atoms with van der Waals surface area (Å²) in [5, 5.41) is 34.9. The van der Waals surface area contributed by atoms with Crippen molar-refractivity contribution >= 4 is 0 Å². The number of aromatic hydroxyl groups is 2. The number of hydroxylamine groups is 2. The molecule has 0 unspecified atom stereocenters. The molecule has 1 aromatic carbocycles. The van der Waals surface area contributed by atoms with Crippen molar-refractivity contribution in [2.75, 3.05) is 6.54 Å². The van der Waals surface area contributed by atoms with Crippen LogP contribution in [-0.4, -0.2) is 32.4 Å². The number of hydrogen-bond donors (Lipinski definition) is 4. The molecule has 0 aliphatic heterocycles. The van der Waals surface area contributed by atoms with Gasteiger partial charge in [0.2, 0.25) is 0 Å². The first-order valence-electron chi connectivity index (χ1n) is 3.76. The van der Waals surface area contributed by atoms with Crippen LogP contribution in [0.5, 0.6) is 11.5 Å². The Morgan fingerprint density at radius 2 is 1.77 bits per heavy atom. The van der Waals surface area contributed by atoms with Crippen LogP contribution in [0.4, 0.5) is 0 Å². The van der Waals surface area contributed by atoms with E-state index >= 15 is 0 Å². The molecule has 5 nitrogen and oxygen atoms in total. The third-order valence-corrected chi connectivity index (χ3v) is 1.64. The predicted octanol–water partition coefficient (Wildman–Crippen LogP) is 0.721. The summed E-state index contributed by atoms with van der Waals surface area (Å²) < 4.78 is 0. The Kier molecular flexibility index (Phi) is 3.07. The van der Waals surface area contributed by atoms with Crippen LogP contribution in [0.15, 0.2) is 18.2 Å². The van der Waals surface area contributed by atoms with Crippen LogP contribution in [0.3, 0.4) is 0 Å². The molecule has 5 heteroatoms. The Balaban J connectivity index is 2.63. The molecule has 0 aromatic heterocycles. The molecule has 0 atom stereocenters. The van der Waals surface area contributed by atoms with Crippen LogP contribution >= 0.6 is 0 Å². The van der Waals surface area contributed by atoms with Gasteiger partial charge in [0.1, 0.15) is 0 Å². The quantitative estimate of drug-likeness (QED) is 0.412. The summed E-state index contributed by atoms with van der Waals surface area (Å²) in [7, 11) is 0. The molecule has 0 saturated carbocycles. The van der Waals surface area contributed by atoms with E-state index in [1.54, 1.807) is 6.07 Å². The van der Waals surface area contributed by atoms with Gasteiger partial charge in [-0.15, -0.1) is 0 Å². The molecular weight excluding hydrogens is 174 g/mol. The second-order valence-electron chi connectivity index (χ2n) is 2.67. The fraction of sp³-hybridized carbons (Fsp3) is 0.250. The first-order chi connectivity index (χ1) is 6.09. The maximum Gasteiger partial charge on any atom is 0.157 e. The molecular formula is C8H11NO4. The largest absolute Gasteiger partial charge is 0.504 e. The fourth-order valence-electron chi connectivity index (χ4n) is 0.954. The lowest BCUT2D eigenvalue weighted by Crippen LogP contribution is -2.16. The number of hydrogen-bond acceptors (Lipinski definition) is 5. The lowest BCUT2D eigenvalue weighted by Gasteiger charge is -2.06. The molecule has 4 N–H and O–H groups in total. The lowest BCUT2D eigenvalue weighted by molar-refractivity contribution is -0.305.